The minimum Gasteiger partial charge on any atom is -0.478 e. The molecule has 0 radical (unpaired) electrons. The molecule has 0 saturated carbocycles. The van der Waals surface area contributed by atoms with E-state index in [9.17, 15) is 14.9 Å². The SMILES string of the molecule is Cc1nn(-c2nccc(C#N)c2[N+](=O)[O-])cc1C(=O)O. The molecule has 9 nitrogen and oxygen atoms in total. The van der Waals surface area contributed by atoms with Gasteiger partial charge in [0.2, 0.25) is 5.82 Å². The smallest absolute Gasteiger partial charge is 0.339 e. The van der Waals surface area contributed by atoms with E-state index >= 15 is 0 Å². The van der Waals surface area contributed by atoms with Crippen LogP contribution in [0.3, 0.4) is 0 Å². The summed E-state index contributed by atoms with van der Waals surface area (Å²) in [4.78, 5) is 25.1. The fraction of sp³-hybridized carbons (Fsp3) is 0.0909. The molecule has 0 aliphatic heterocycles. The van der Waals surface area contributed by atoms with Gasteiger partial charge in [0.25, 0.3) is 0 Å². The number of hydrogen-bond donors (Lipinski definition) is 1. The van der Waals surface area contributed by atoms with E-state index in [1.807, 2.05) is 0 Å². The van der Waals surface area contributed by atoms with Crippen molar-refractivity contribution in [3.63, 3.8) is 0 Å². The zero-order chi connectivity index (χ0) is 14.9. The summed E-state index contributed by atoms with van der Waals surface area (Å²) in [7, 11) is 0. The lowest BCUT2D eigenvalue weighted by Crippen LogP contribution is -2.05. The first-order chi connectivity index (χ1) is 9.45. The number of nitriles is 1. The topological polar surface area (TPSA) is 135 Å². The van der Waals surface area contributed by atoms with E-state index in [1.54, 1.807) is 6.07 Å². The maximum Gasteiger partial charge on any atom is 0.339 e. The molecule has 0 unspecified atom stereocenters. The third-order valence-corrected chi connectivity index (χ3v) is 2.55. The number of aryl methyl sites for hydroxylation is 1. The predicted octanol–water partition coefficient (Wildman–Crippen LogP) is 1.05. The van der Waals surface area contributed by atoms with Crippen molar-refractivity contribution >= 4 is 11.7 Å². The van der Waals surface area contributed by atoms with Crippen molar-refractivity contribution < 1.29 is 14.8 Å². The minimum absolute atomic E-state index is 0.0940. The normalized spacial score (nSPS) is 10.0. The molecule has 0 spiro atoms. The van der Waals surface area contributed by atoms with E-state index in [4.69, 9.17) is 10.4 Å². The maximum atomic E-state index is 11.1. The Hall–Kier alpha value is -3.28. The maximum absolute atomic E-state index is 11.1. The van der Waals surface area contributed by atoms with E-state index in [0.29, 0.717) is 0 Å². The molecule has 0 amide bonds. The van der Waals surface area contributed by atoms with E-state index in [1.165, 1.54) is 19.2 Å². The number of hydrogen-bond acceptors (Lipinski definition) is 6. The molecular formula is C11H7N5O4. The Morgan fingerprint density at radius 1 is 1.60 bits per heavy atom. The van der Waals surface area contributed by atoms with Gasteiger partial charge in [-0.15, -0.1) is 0 Å². The van der Waals surface area contributed by atoms with Crippen molar-refractivity contribution in [2.75, 3.05) is 0 Å². The molecule has 2 aromatic heterocycles. The van der Waals surface area contributed by atoms with Crippen molar-refractivity contribution in [2.24, 2.45) is 0 Å². The van der Waals surface area contributed by atoms with Crippen molar-refractivity contribution in [1.29, 1.82) is 5.26 Å². The van der Waals surface area contributed by atoms with Crippen LogP contribution in [0.2, 0.25) is 0 Å². The van der Waals surface area contributed by atoms with E-state index in [-0.39, 0.29) is 22.6 Å². The lowest BCUT2D eigenvalue weighted by molar-refractivity contribution is -0.385. The van der Waals surface area contributed by atoms with Gasteiger partial charge in [-0.2, -0.15) is 10.4 Å². The number of carboxylic acid groups (broad SMARTS) is 1. The second kappa shape index (κ2) is 4.77. The highest BCUT2D eigenvalue weighted by Crippen LogP contribution is 2.24. The lowest BCUT2D eigenvalue weighted by atomic mass is 10.2. The average Bonchev–Trinajstić information content (AvgIpc) is 2.79. The minimum atomic E-state index is -1.20. The molecule has 0 atom stereocenters. The van der Waals surface area contributed by atoms with Crippen molar-refractivity contribution in [3.05, 3.63) is 45.4 Å². The van der Waals surface area contributed by atoms with Crippen LogP contribution in [0.1, 0.15) is 21.6 Å². The average molecular weight is 273 g/mol. The molecule has 0 bridgehead atoms. The van der Waals surface area contributed by atoms with Crippen molar-refractivity contribution in [3.8, 4) is 11.9 Å². The number of aromatic nitrogens is 3. The summed E-state index contributed by atoms with van der Waals surface area (Å²) >= 11 is 0. The Kier molecular flexibility index (Phi) is 3.14. The van der Waals surface area contributed by atoms with Crippen molar-refractivity contribution in [1.82, 2.24) is 14.8 Å². The molecule has 0 aromatic carbocycles. The summed E-state index contributed by atoms with van der Waals surface area (Å²) in [5.41, 5.74) is -0.598. The predicted molar refractivity (Wildman–Crippen MR) is 64.4 cm³/mol. The van der Waals surface area contributed by atoms with Crippen LogP contribution >= 0.6 is 0 Å². The number of carbonyl (C=O) groups is 1. The molecule has 20 heavy (non-hydrogen) atoms. The van der Waals surface area contributed by atoms with Gasteiger partial charge >= 0.3 is 11.7 Å². The fourth-order valence-electron chi connectivity index (χ4n) is 1.66. The van der Waals surface area contributed by atoms with E-state index in [0.717, 1.165) is 10.9 Å². The lowest BCUT2D eigenvalue weighted by Gasteiger charge is -2.02. The first kappa shape index (κ1) is 13.2. The monoisotopic (exact) mass is 273 g/mol. The van der Waals surface area contributed by atoms with Gasteiger partial charge in [-0.1, -0.05) is 0 Å². The van der Waals surface area contributed by atoms with Crippen LogP contribution in [0.15, 0.2) is 18.5 Å². The number of nitrogens with zero attached hydrogens (tertiary/aromatic N) is 5. The number of rotatable bonds is 3. The Morgan fingerprint density at radius 3 is 2.80 bits per heavy atom. The molecular weight excluding hydrogens is 266 g/mol. The molecule has 1 N–H and O–H groups in total. The van der Waals surface area contributed by atoms with Gasteiger partial charge in [-0.25, -0.2) is 14.5 Å². The third kappa shape index (κ3) is 2.05. The van der Waals surface area contributed by atoms with Crippen LogP contribution in [0, 0.1) is 28.4 Å². The highest BCUT2D eigenvalue weighted by Gasteiger charge is 2.24. The van der Waals surface area contributed by atoms with Crippen LogP contribution in [-0.4, -0.2) is 30.8 Å². The number of nitro groups is 1. The van der Waals surface area contributed by atoms with Crippen LogP contribution < -0.4 is 0 Å². The second-order valence-electron chi connectivity index (χ2n) is 3.78. The Labute approximate surface area is 111 Å². The third-order valence-electron chi connectivity index (χ3n) is 2.55. The summed E-state index contributed by atoms with van der Waals surface area (Å²) in [5, 5.41) is 32.8. The van der Waals surface area contributed by atoms with Gasteiger partial charge in [-0.3, -0.25) is 10.1 Å². The molecule has 0 saturated heterocycles. The Bertz CT molecular complexity index is 759. The molecule has 0 fully saturated rings. The van der Waals surface area contributed by atoms with Crippen LogP contribution in [0.4, 0.5) is 5.69 Å². The second-order valence-corrected chi connectivity index (χ2v) is 3.78. The first-order valence-corrected chi connectivity index (χ1v) is 5.29. The fourth-order valence-corrected chi connectivity index (χ4v) is 1.66. The Morgan fingerprint density at radius 2 is 2.30 bits per heavy atom. The number of carboxylic acids is 1. The van der Waals surface area contributed by atoms with Crippen LogP contribution in [-0.2, 0) is 0 Å². The highest BCUT2D eigenvalue weighted by atomic mass is 16.6. The van der Waals surface area contributed by atoms with Crippen molar-refractivity contribution in [2.45, 2.75) is 6.92 Å². The van der Waals surface area contributed by atoms with Crippen LogP contribution in [0.25, 0.3) is 5.82 Å². The molecule has 100 valence electrons. The highest BCUT2D eigenvalue weighted by molar-refractivity contribution is 5.88. The molecule has 2 rings (SSSR count). The summed E-state index contributed by atoms with van der Waals surface area (Å²) in [6.07, 6.45) is 2.34. The quantitative estimate of drug-likeness (QED) is 0.652. The van der Waals surface area contributed by atoms with E-state index in [2.05, 4.69) is 10.1 Å². The van der Waals surface area contributed by atoms with Gasteiger partial charge in [0.15, 0.2) is 0 Å². The summed E-state index contributed by atoms with van der Waals surface area (Å²) in [6, 6.07) is 2.90. The zero-order valence-electron chi connectivity index (χ0n) is 10.1. The van der Waals surface area contributed by atoms with E-state index < -0.39 is 16.6 Å². The van der Waals surface area contributed by atoms with Gasteiger partial charge in [0.1, 0.15) is 17.2 Å². The summed E-state index contributed by atoms with van der Waals surface area (Å²) in [5.74, 6) is -1.41. The molecule has 0 aliphatic rings. The molecule has 2 aromatic rings. The molecule has 9 heteroatoms. The standard InChI is InChI=1S/C11H7N5O4/c1-6-8(11(17)18)5-15(14-6)10-9(16(19)20)7(4-12)2-3-13-10/h2-3,5H,1H3,(H,17,18). The van der Waals surface area contributed by atoms with Gasteiger partial charge in [0.05, 0.1) is 10.6 Å². The first-order valence-electron chi connectivity index (χ1n) is 5.29. The van der Waals surface area contributed by atoms with Gasteiger partial charge in [0, 0.05) is 12.4 Å². The largest absolute Gasteiger partial charge is 0.478 e. The summed E-state index contributed by atoms with van der Waals surface area (Å²) < 4.78 is 0.984. The summed E-state index contributed by atoms with van der Waals surface area (Å²) in [6.45, 7) is 1.46. The van der Waals surface area contributed by atoms with Gasteiger partial charge in [-0.05, 0) is 13.0 Å². The van der Waals surface area contributed by atoms with Gasteiger partial charge < -0.3 is 5.11 Å². The number of aromatic carboxylic acids is 1. The van der Waals surface area contributed by atoms with Crippen LogP contribution in [0.5, 0.6) is 0 Å². The zero-order valence-corrected chi connectivity index (χ0v) is 10.1. The molecule has 0 aliphatic carbocycles. The number of pyridine rings is 1. The Balaban J connectivity index is 2.71. The molecule has 2 heterocycles.